The van der Waals surface area contributed by atoms with Gasteiger partial charge in [-0.15, -0.1) is 0 Å². The summed E-state index contributed by atoms with van der Waals surface area (Å²) in [5.74, 6) is -0.188. The lowest BCUT2D eigenvalue weighted by Crippen LogP contribution is -2.28. The van der Waals surface area contributed by atoms with Crippen LogP contribution in [0.3, 0.4) is 0 Å². The second-order valence-corrected chi connectivity index (χ2v) is 4.80. The molecule has 0 aliphatic carbocycles. The number of aromatic amines is 1. The number of nitrogens with zero attached hydrogens (tertiary/aromatic N) is 1. The van der Waals surface area contributed by atoms with Gasteiger partial charge in [0.1, 0.15) is 0 Å². The fourth-order valence-corrected chi connectivity index (χ4v) is 2.21. The zero-order chi connectivity index (χ0) is 15.4. The Bertz CT molecular complexity index is 664. The van der Waals surface area contributed by atoms with Crippen LogP contribution >= 0.6 is 0 Å². The molecule has 110 valence electrons. The summed E-state index contributed by atoms with van der Waals surface area (Å²) >= 11 is 0. The molecule has 2 aromatic rings. The number of nitrogens with one attached hydrogen (secondary N) is 2. The Morgan fingerprint density at radius 1 is 1.43 bits per heavy atom. The second kappa shape index (κ2) is 6.21. The van der Waals surface area contributed by atoms with Crippen molar-refractivity contribution in [3.8, 4) is 0 Å². The third-order valence-electron chi connectivity index (χ3n) is 3.40. The van der Waals surface area contributed by atoms with Crippen molar-refractivity contribution >= 4 is 11.6 Å². The number of hydrogen-bond donors (Lipinski definition) is 2. The van der Waals surface area contributed by atoms with Gasteiger partial charge in [-0.2, -0.15) is 0 Å². The van der Waals surface area contributed by atoms with Crippen LogP contribution in [-0.4, -0.2) is 15.8 Å². The van der Waals surface area contributed by atoms with E-state index in [0.717, 1.165) is 11.3 Å². The van der Waals surface area contributed by atoms with Gasteiger partial charge in [0.15, 0.2) is 0 Å². The molecule has 0 spiro atoms. The van der Waals surface area contributed by atoms with Gasteiger partial charge < -0.3 is 10.3 Å². The van der Waals surface area contributed by atoms with E-state index in [2.05, 4.69) is 10.3 Å². The first-order chi connectivity index (χ1) is 10.0. The molecule has 21 heavy (non-hydrogen) atoms. The molecule has 0 unspecified atom stereocenters. The third kappa shape index (κ3) is 3.28. The summed E-state index contributed by atoms with van der Waals surface area (Å²) in [7, 11) is 0. The largest absolute Gasteiger partial charge is 0.365 e. The normalized spacial score (nSPS) is 11.9. The molecular weight excluding hydrogens is 270 g/mol. The van der Waals surface area contributed by atoms with Crippen molar-refractivity contribution in [2.24, 2.45) is 0 Å². The van der Waals surface area contributed by atoms with Crippen molar-refractivity contribution in [3.63, 3.8) is 0 Å². The molecule has 1 aromatic carbocycles. The predicted molar refractivity (Wildman–Crippen MR) is 79.1 cm³/mol. The number of carbonyl (C=O) groups is 1. The second-order valence-electron chi connectivity index (χ2n) is 4.80. The van der Waals surface area contributed by atoms with Gasteiger partial charge in [-0.1, -0.05) is 19.1 Å². The van der Waals surface area contributed by atoms with Crippen LogP contribution in [0.4, 0.5) is 5.69 Å². The number of aromatic nitrogens is 1. The Morgan fingerprint density at radius 3 is 2.76 bits per heavy atom. The topological polar surface area (TPSA) is 88.0 Å². The Kier molecular flexibility index (Phi) is 4.37. The van der Waals surface area contributed by atoms with E-state index in [1.54, 1.807) is 24.4 Å². The highest BCUT2D eigenvalue weighted by atomic mass is 16.6. The number of benzene rings is 1. The molecule has 0 bridgehead atoms. The van der Waals surface area contributed by atoms with Gasteiger partial charge in [-0.05, 0) is 25.0 Å². The average Bonchev–Trinajstić information content (AvgIpc) is 2.91. The molecule has 0 saturated carbocycles. The fraction of sp³-hybridized carbons (Fsp3) is 0.267. The Balaban J connectivity index is 2.20. The van der Waals surface area contributed by atoms with E-state index in [-0.39, 0.29) is 17.6 Å². The van der Waals surface area contributed by atoms with Crippen molar-refractivity contribution in [2.75, 3.05) is 0 Å². The minimum Gasteiger partial charge on any atom is -0.365 e. The standard InChI is InChI=1S/C15H17N3O3/c1-3-14(11-5-4-6-12(9-11)18(20)21)17-15(19)13-7-8-16-10(13)2/h4-9,14,16H,3H2,1-2H3,(H,17,19)/t14-/m0/s1. The minimum atomic E-state index is -0.436. The lowest BCUT2D eigenvalue weighted by Gasteiger charge is -2.17. The molecule has 6 nitrogen and oxygen atoms in total. The van der Waals surface area contributed by atoms with Crippen LogP contribution < -0.4 is 5.32 Å². The molecule has 6 heteroatoms. The monoisotopic (exact) mass is 287 g/mol. The number of carbonyl (C=O) groups excluding carboxylic acids is 1. The molecule has 0 fully saturated rings. The molecule has 1 atom stereocenters. The van der Waals surface area contributed by atoms with Gasteiger partial charge in [0.2, 0.25) is 0 Å². The lowest BCUT2D eigenvalue weighted by molar-refractivity contribution is -0.384. The van der Waals surface area contributed by atoms with Crippen LogP contribution in [0.15, 0.2) is 36.5 Å². The number of H-pyrrole nitrogens is 1. The molecule has 1 aromatic heterocycles. The first-order valence-corrected chi connectivity index (χ1v) is 6.72. The van der Waals surface area contributed by atoms with Gasteiger partial charge in [0, 0.05) is 24.0 Å². The summed E-state index contributed by atoms with van der Waals surface area (Å²) in [5.41, 5.74) is 2.13. The Morgan fingerprint density at radius 2 is 2.19 bits per heavy atom. The van der Waals surface area contributed by atoms with Gasteiger partial charge in [0.25, 0.3) is 11.6 Å². The quantitative estimate of drug-likeness (QED) is 0.654. The molecule has 1 heterocycles. The number of nitro groups is 1. The maximum Gasteiger partial charge on any atom is 0.269 e. The smallest absolute Gasteiger partial charge is 0.269 e. The van der Waals surface area contributed by atoms with E-state index in [9.17, 15) is 14.9 Å². The molecule has 2 rings (SSSR count). The number of non-ortho nitro benzene ring substituents is 1. The number of amides is 1. The van der Waals surface area contributed by atoms with Gasteiger partial charge in [-0.25, -0.2) is 0 Å². The maximum absolute atomic E-state index is 12.2. The molecule has 0 aliphatic rings. The SMILES string of the molecule is CC[C@H](NC(=O)c1cc[nH]c1C)c1cccc([N+](=O)[O-])c1. The van der Waals surface area contributed by atoms with Crippen LogP contribution in [0.1, 0.15) is 41.0 Å². The van der Waals surface area contributed by atoms with Gasteiger partial charge >= 0.3 is 0 Å². The van der Waals surface area contributed by atoms with Crippen LogP contribution in [0.2, 0.25) is 0 Å². The summed E-state index contributed by atoms with van der Waals surface area (Å²) < 4.78 is 0. The zero-order valence-electron chi connectivity index (χ0n) is 11.9. The summed E-state index contributed by atoms with van der Waals surface area (Å²) in [6, 6.07) is 7.80. The van der Waals surface area contributed by atoms with E-state index in [4.69, 9.17) is 0 Å². The highest BCUT2D eigenvalue weighted by molar-refractivity contribution is 5.95. The number of aryl methyl sites for hydroxylation is 1. The van der Waals surface area contributed by atoms with Crippen molar-refractivity contribution < 1.29 is 9.72 Å². The van der Waals surface area contributed by atoms with E-state index >= 15 is 0 Å². The third-order valence-corrected chi connectivity index (χ3v) is 3.40. The van der Waals surface area contributed by atoms with Crippen LogP contribution in [0, 0.1) is 17.0 Å². The van der Waals surface area contributed by atoms with Crippen LogP contribution in [0.5, 0.6) is 0 Å². The summed E-state index contributed by atoms with van der Waals surface area (Å²) in [5, 5.41) is 13.7. The Hall–Kier alpha value is -2.63. The first-order valence-electron chi connectivity index (χ1n) is 6.72. The molecular formula is C15H17N3O3. The summed E-state index contributed by atoms with van der Waals surface area (Å²) in [4.78, 5) is 25.6. The molecule has 0 saturated heterocycles. The van der Waals surface area contributed by atoms with E-state index < -0.39 is 4.92 Å². The van der Waals surface area contributed by atoms with E-state index in [1.807, 2.05) is 13.8 Å². The van der Waals surface area contributed by atoms with Crippen molar-refractivity contribution in [1.82, 2.24) is 10.3 Å². The summed E-state index contributed by atoms with van der Waals surface area (Å²) in [6.45, 7) is 3.75. The summed E-state index contributed by atoms with van der Waals surface area (Å²) in [6.07, 6.45) is 2.36. The zero-order valence-corrected chi connectivity index (χ0v) is 11.9. The molecule has 0 aliphatic heterocycles. The fourth-order valence-electron chi connectivity index (χ4n) is 2.21. The van der Waals surface area contributed by atoms with Crippen LogP contribution in [0.25, 0.3) is 0 Å². The Labute approximate surface area is 122 Å². The minimum absolute atomic E-state index is 0.0259. The van der Waals surface area contributed by atoms with Crippen LogP contribution in [-0.2, 0) is 0 Å². The predicted octanol–water partition coefficient (Wildman–Crippen LogP) is 3.11. The maximum atomic E-state index is 12.2. The number of hydrogen-bond acceptors (Lipinski definition) is 3. The molecule has 1 amide bonds. The first kappa shape index (κ1) is 14.8. The average molecular weight is 287 g/mol. The van der Waals surface area contributed by atoms with Gasteiger partial charge in [-0.3, -0.25) is 14.9 Å². The van der Waals surface area contributed by atoms with Crippen molar-refractivity contribution in [1.29, 1.82) is 0 Å². The number of rotatable bonds is 5. The highest BCUT2D eigenvalue weighted by Gasteiger charge is 2.17. The van der Waals surface area contributed by atoms with Gasteiger partial charge in [0.05, 0.1) is 16.5 Å². The van der Waals surface area contributed by atoms with Crippen molar-refractivity contribution in [2.45, 2.75) is 26.3 Å². The number of nitro benzene ring substituents is 1. The molecule has 2 N–H and O–H groups in total. The van der Waals surface area contributed by atoms with Crippen molar-refractivity contribution in [3.05, 3.63) is 63.5 Å². The van der Waals surface area contributed by atoms with E-state index in [1.165, 1.54) is 12.1 Å². The lowest BCUT2D eigenvalue weighted by atomic mass is 10.0. The highest BCUT2D eigenvalue weighted by Crippen LogP contribution is 2.22. The molecule has 0 radical (unpaired) electrons. The van der Waals surface area contributed by atoms with E-state index in [0.29, 0.717) is 12.0 Å².